The average Bonchev–Trinajstić information content (AvgIpc) is 2.56. The summed E-state index contributed by atoms with van der Waals surface area (Å²) in [6.07, 6.45) is 5.24. The van der Waals surface area contributed by atoms with Gasteiger partial charge in [-0.05, 0) is 5.92 Å². The Balaban J connectivity index is 2.46. The maximum absolute atomic E-state index is 11.6. The molecule has 1 rings (SSSR count). The van der Waals surface area contributed by atoms with Gasteiger partial charge >= 0.3 is 5.97 Å². The molecule has 0 bridgehead atoms. The topological polar surface area (TPSA) is 46.6 Å². The van der Waals surface area contributed by atoms with Crippen LogP contribution in [0.5, 0.6) is 0 Å². The largest absolute Gasteiger partial charge is 0.452 e. The van der Waals surface area contributed by atoms with Gasteiger partial charge in [-0.2, -0.15) is 0 Å². The van der Waals surface area contributed by atoms with Gasteiger partial charge in [-0.3, -0.25) is 9.59 Å². The number of nitrogens with zero attached hydrogens (tertiary/aromatic N) is 1. The second kappa shape index (κ2) is 5.55. The van der Waals surface area contributed by atoms with E-state index in [4.69, 9.17) is 11.2 Å². The summed E-state index contributed by atoms with van der Waals surface area (Å²) < 4.78 is 4.82. The Morgan fingerprint density at radius 3 is 2.94 bits per heavy atom. The number of rotatable bonds is 4. The number of amides is 1. The molecule has 4 nitrogen and oxygen atoms in total. The van der Waals surface area contributed by atoms with Gasteiger partial charge in [0.2, 0.25) is 5.91 Å². The fourth-order valence-electron chi connectivity index (χ4n) is 1.78. The number of carbonyl (C=O) groups is 2. The number of terminal acetylenes is 1. The lowest BCUT2D eigenvalue weighted by atomic mass is 10.1. The first-order valence-corrected chi connectivity index (χ1v) is 5.42. The monoisotopic (exact) mass is 223 g/mol. The van der Waals surface area contributed by atoms with E-state index < -0.39 is 0 Å². The van der Waals surface area contributed by atoms with Gasteiger partial charge in [-0.15, -0.1) is 6.42 Å². The van der Waals surface area contributed by atoms with Crippen LogP contribution in [0, 0.1) is 24.2 Å². The van der Waals surface area contributed by atoms with Crippen molar-refractivity contribution in [1.29, 1.82) is 0 Å². The number of ether oxygens (including phenoxy) is 1. The molecular weight excluding hydrogens is 206 g/mol. The zero-order valence-electron chi connectivity index (χ0n) is 9.73. The molecule has 0 aromatic heterocycles. The van der Waals surface area contributed by atoms with Gasteiger partial charge in [0.05, 0.1) is 5.92 Å². The van der Waals surface area contributed by atoms with E-state index in [9.17, 15) is 9.59 Å². The van der Waals surface area contributed by atoms with Crippen LogP contribution in [0.3, 0.4) is 0 Å². The summed E-state index contributed by atoms with van der Waals surface area (Å²) in [6.45, 7) is 5.21. The summed E-state index contributed by atoms with van der Waals surface area (Å²) in [7, 11) is 0. The molecule has 1 amide bonds. The van der Waals surface area contributed by atoms with Crippen molar-refractivity contribution in [1.82, 2.24) is 4.90 Å². The highest BCUT2D eigenvalue weighted by atomic mass is 16.5. The van der Waals surface area contributed by atoms with Crippen molar-refractivity contribution >= 4 is 11.9 Å². The van der Waals surface area contributed by atoms with Gasteiger partial charge in [0.15, 0.2) is 6.61 Å². The minimum absolute atomic E-state index is 0.0201. The zero-order chi connectivity index (χ0) is 12.1. The van der Waals surface area contributed by atoms with Gasteiger partial charge in [0, 0.05) is 19.5 Å². The maximum atomic E-state index is 11.6. The molecule has 1 heterocycles. The fourth-order valence-corrected chi connectivity index (χ4v) is 1.78. The van der Waals surface area contributed by atoms with E-state index in [1.807, 2.05) is 13.8 Å². The third-order valence-corrected chi connectivity index (χ3v) is 2.43. The fraction of sp³-hybridized carbons (Fsp3) is 0.667. The molecule has 0 radical (unpaired) electrons. The van der Waals surface area contributed by atoms with Crippen molar-refractivity contribution in [3.8, 4) is 12.3 Å². The summed E-state index contributed by atoms with van der Waals surface area (Å²) in [6, 6.07) is 0. The van der Waals surface area contributed by atoms with Crippen LogP contribution >= 0.6 is 0 Å². The SMILES string of the molecule is C#CCOC(=O)[C@H]1CC(=O)N(CC(C)C)C1. The third kappa shape index (κ3) is 3.27. The minimum Gasteiger partial charge on any atom is -0.452 e. The van der Waals surface area contributed by atoms with Gasteiger partial charge in [0.25, 0.3) is 0 Å². The highest BCUT2D eigenvalue weighted by molar-refractivity contribution is 5.86. The molecule has 1 saturated heterocycles. The van der Waals surface area contributed by atoms with E-state index in [2.05, 4.69) is 5.92 Å². The van der Waals surface area contributed by atoms with Crippen molar-refractivity contribution in [3.63, 3.8) is 0 Å². The third-order valence-electron chi connectivity index (χ3n) is 2.43. The normalized spacial score (nSPS) is 20.0. The molecule has 1 atom stereocenters. The Bertz CT molecular complexity index is 317. The van der Waals surface area contributed by atoms with Crippen LogP contribution in [0.1, 0.15) is 20.3 Å². The predicted octanol–water partition coefficient (Wildman–Crippen LogP) is 0.667. The first-order chi connectivity index (χ1) is 7.54. The van der Waals surface area contributed by atoms with Crippen LogP contribution in [-0.4, -0.2) is 36.5 Å². The quantitative estimate of drug-likeness (QED) is 0.520. The van der Waals surface area contributed by atoms with Crippen molar-refractivity contribution in [2.45, 2.75) is 20.3 Å². The van der Waals surface area contributed by atoms with Gasteiger partial charge in [-0.25, -0.2) is 0 Å². The van der Waals surface area contributed by atoms with Crippen molar-refractivity contribution in [2.75, 3.05) is 19.7 Å². The lowest BCUT2D eigenvalue weighted by Crippen LogP contribution is -2.30. The van der Waals surface area contributed by atoms with Crippen LogP contribution in [0.15, 0.2) is 0 Å². The molecule has 0 saturated carbocycles. The molecule has 1 aliphatic rings. The van der Waals surface area contributed by atoms with Crippen molar-refractivity contribution in [3.05, 3.63) is 0 Å². The van der Waals surface area contributed by atoms with Gasteiger partial charge in [0.1, 0.15) is 0 Å². The van der Waals surface area contributed by atoms with E-state index in [-0.39, 0.29) is 30.8 Å². The Morgan fingerprint density at radius 2 is 2.38 bits per heavy atom. The number of carbonyl (C=O) groups excluding carboxylic acids is 2. The molecular formula is C12H17NO3. The zero-order valence-corrected chi connectivity index (χ0v) is 9.73. The van der Waals surface area contributed by atoms with Crippen LogP contribution < -0.4 is 0 Å². The Labute approximate surface area is 95.9 Å². The lowest BCUT2D eigenvalue weighted by molar-refractivity contribution is -0.146. The highest BCUT2D eigenvalue weighted by Gasteiger charge is 2.35. The molecule has 1 fully saturated rings. The highest BCUT2D eigenvalue weighted by Crippen LogP contribution is 2.20. The lowest BCUT2D eigenvalue weighted by Gasteiger charge is -2.18. The molecule has 4 heteroatoms. The first kappa shape index (κ1) is 12.6. The van der Waals surface area contributed by atoms with Crippen LogP contribution in [0.25, 0.3) is 0 Å². The molecule has 88 valence electrons. The number of hydrogen-bond acceptors (Lipinski definition) is 3. The standard InChI is InChI=1S/C12H17NO3/c1-4-5-16-12(15)10-6-11(14)13(8-10)7-9(2)3/h1,9-10H,5-8H2,2-3H3/t10-/m0/s1. The Morgan fingerprint density at radius 1 is 1.69 bits per heavy atom. The van der Waals surface area contributed by atoms with E-state index >= 15 is 0 Å². The summed E-state index contributed by atoms with van der Waals surface area (Å²) >= 11 is 0. The average molecular weight is 223 g/mol. The molecule has 16 heavy (non-hydrogen) atoms. The summed E-state index contributed by atoms with van der Waals surface area (Å²) in [5.41, 5.74) is 0. The molecule has 0 N–H and O–H groups in total. The Kier molecular flexibility index (Phi) is 4.36. The van der Waals surface area contributed by atoms with Crippen molar-refractivity contribution < 1.29 is 14.3 Å². The Hall–Kier alpha value is -1.50. The summed E-state index contributed by atoms with van der Waals surface area (Å²) in [5.74, 6) is 1.96. The molecule has 0 spiro atoms. The molecule has 0 aromatic rings. The number of hydrogen-bond donors (Lipinski definition) is 0. The summed E-state index contributed by atoms with van der Waals surface area (Å²) in [4.78, 5) is 24.8. The maximum Gasteiger partial charge on any atom is 0.312 e. The van der Waals surface area contributed by atoms with E-state index in [0.717, 1.165) is 0 Å². The molecule has 0 aliphatic carbocycles. The first-order valence-electron chi connectivity index (χ1n) is 5.42. The predicted molar refractivity (Wildman–Crippen MR) is 59.3 cm³/mol. The second-order valence-corrected chi connectivity index (χ2v) is 4.41. The van der Waals surface area contributed by atoms with Gasteiger partial charge in [-0.1, -0.05) is 19.8 Å². The summed E-state index contributed by atoms with van der Waals surface area (Å²) in [5, 5.41) is 0. The number of likely N-dealkylation sites (tertiary alicyclic amines) is 1. The molecule has 1 aliphatic heterocycles. The van der Waals surface area contributed by atoms with E-state index in [1.165, 1.54) is 0 Å². The van der Waals surface area contributed by atoms with Crippen molar-refractivity contribution in [2.24, 2.45) is 11.8 Å². The van der Waals surface area contributed by atoms with Crippen LogP contribution in [-0.2, 0) is 14.3 Å². The molecule has 0 unspecified atom stereocenters. The van der Waals surface area contributed by atoms with Gasteiger partial charge < -0.3 is 9.64 Å². The van der Waals surface area contributed by atoms with E-state index in [0.29, 0.717) is 19.0 Å². The second-order valence-electron chi connectivity index (χ2n) is 4.41. The molecule has 0 aromatic carbocycles. The smallest absolute Gasteiger partial charge is 0.312 e. The van der Waals surface area contributed by atoms with Crippen LogP contribution in [0.4, 0.5) is 0 Å². The minimum atomic E-state index is -0.363. The number of esters is 1. The van der Waals surface area contributed by atoms with Crippen LogP contribution in [0.2, 0.25) is 0 Å². The van der Waals surface area contributed by atoms with E-state index in [1.54, 1.807) is 4.90 Å².